The molecule has 2 rings (SSSR count). The van der Waals surface area contributed by atoms with Crippen molar-refractivity contribution in [3.63, 3.8) is 0 Å². The Morgan fingerprint density at radius 3 is 2.60 bits per heavy atom. The minimum Gasteiger partial charge on any atom is -0.322 e. The van der Waals surface area contributed by atoms with E-state index in [0.29, 0.717) is 5.69 Å². The molecular weight excluding hydrogens is 348 g/mol. The molecule has 2 aromatic rings. The molecule has 0 heterocycles. The molecule has 102 valence electrons. The Balaban J connectivity index is 2.30. The van der Waals surface area contributed by atoms with E-state index in [4.69, 9.17) is 11.6 Å². The van der Waals surface area contributed by atoms with Crippen LogP contribution in [0.5, 0.6) is 0 Å². The van der Waals surface area contributed by atoms with Gasteiger partial charge in [-0.3, -0.25) is 14.9 Å². The van der Waals surface area contributed by atoms with Gasteiger partial charge in [0.2, 0.25) is 0 Å². The zero-order valence-corrected chi connectivity index (χ0v) is 12.3. The highest BCUT2D eigenvalue weighted by molar-refractivity contribution is 9.10. The number of nitrogens with one attached hydrogen (secondary N) is 1. The SMILES string of the molecule is O=C(Nc1cccc(Br)c1)c1cccc([N+](=O)[O-])c1Cl. The van der Waals surface area contributed by atoms with Gasteiger partial charge in [-0.15, -0.1) is 0 Å². The van der Waals surface area contributed by atoms with Crippen molar-refractivity contribution in [1.29, 1.82) is 0 Å². The van der Waals surface area contributed by atoms with Gasteiger partial charge in [0.25, 0.3) is 11.6 Å². The van der Waals surface area contributed by atoms with Crippen LogP contribution < -0.4 is 5.32 Å². The molecule has 0 atom stereocenters. The molecule has 0 radical (unpaired) electrons. The summed E-state index contributed by atoms with van der Waals surface area (Å²) in [4.78, 5) is 22.2. The van der Waals surface area contributed by atoms with Gasteiger partial charge in [0.1, 0.15) is 5.02 Å². The van der Waals surface area contributed by atoms with E-state index < -0.39 is 10.8 Å². The van der Waals surface area contributed by atoms with E-state index in [2.05, 4.69) is 21.2 Å². The number of carbonyl (C=O) groups is 1. The third kappa shape index (κ3) is 3.15. The van der Waals surface area contributed by atoms with E-state index in [1.807, 2.05) is 6.07 Å². The molecule has 0 aliphatic carbocycles. The van der Waals surface area contributed by atoms with Crippen molar-refractivity contribution < 1.29 is 9.72 Å². The summed E-state index contributed by atoms with van der Waals surface area (Å²) in [6, 6.07) is 11.1. The number of benzene rings is 2. The molecule has 1 amide bonds. The van der Waals surface area contributed by atoms with Gasteiger partial charge in [0.05, 0.1) is 10.5 Å². The average Bonchev–Trinajstić information content (AvgIpc) is 2.38. The Morgan fingerprint density at radius 1 is 1.25 bits per heavy atom. The fourth-order valence-corrected chi connectivity index (χ4v) is 2.28. The largest absolute Gasteiger partial charge is 0.322 e. The van der Waals surface area contributed by atoms with Crippen molar-refractivity contribution in [2.24, 2.45) is 0 Å². The van der Waals surface area contributed by atoms with Crippen LogP contribution in [-0.4, -0.2) is 10.8 Å². The van der Waals surface area contributed by atoms with E-state index in [1.165, 1.54) is 18.2 Å². The Hall–Kier alpha value is -1.92. The van der Waals surface area contributed by atoms with Crippen LogP contribution in [-0.2, 0) is 0 Å². The first-order valence-electron chi connectivity index (χ1n) is 5.49. The number of nitro benzene ring substituents is 1. The minimum atomic E-state index is -0.627. The highest BCUT2D eigenvalue weighted by atomic mass is 79.9. The molecule has 0 saturated carbocycles. The van der Waals surface area contributed by atoms with Gasteiger partial charge in [-0.1, -0.05) is 39.7 Å². The standard InChI is InChI=1S/C13H8BrClN2O3/c14-8-3-1-4-9(7-8)16-13(18)10-5-2-6-11(12(10)15)17(19)20/h1-7H,(H,16,18). The number of nitro groups is 1. The predicted molar refractivity (Wildman–Crippen MR) is 80.2 cm³/mol. The first kappa shape index (κ1) is 14.5. The highest BCUT2D eigenvalue weighted by Crippen LogP contribution is 2.28. The zero-order valence-electron chi connectivity index (χ0n) is 9.97. The maximum Gasteiger partial charge on any atom is 0.288 e. The zero-order chi connectivity index (χ0) is 14.7. The molecule has 0 aliphatic heterocycles. The number of nitrogens with zero attached hydrogens (tertiary/aromatic N) is 1. The average molecular weight is 356 g/mol. The molecule has 1 N–H and O–H groups in total. The van der Waals surface area contributed by atoms with Crippen molar-refractivity contribution in [3.05, 3.63) is 67.6 Å². The van der Waals surface area contributed by atoms with Crippen molar-refractivity contribution in [2.45, 2.75) is 0 Å². The van der Waals surface area contributed by atoms with Gasteiger partial charge < -0.3 is 5.32 Å². The molecule has 0 unspecified atom stereocenters. The molecular formula is C13H8BrClN2O3. The van der Waals surface area contributed by atoms with Gasteiger partial charge >= 0.3 is 0 Å². The lowest BCUT2D eigenvalue weighted by Crippen LogP contribution is -2.13. The molecule has 0 spiro atoms. The Bertz CT molecular complexity index is 691. The summed E-state index contributed by atoms with van der Waals surface area (Å²) >= 11 is 9.17. The molecule has 2 aromatic carbocycles. The summed E-state index contributed by atoms with van der Waals surface area (Å²) in [5, 5.41) is 13.2. The van der Waals surface area contributed by atoms with Crippen LogP contribution in [0.2, 0.25) is 5.02 Å². The summed E-state index contributed by atoms with van der Waals surface area (Å²) in [6.07, 6.45) is 0. The first-order chi connectivity index (χ1) is 9.49. The molecule has 7 heteroatoms. The second kappa shape index (κ2) is 6.02. The Kier molecular flexibility index (Phi) is 4.36. The third-order valence-corrected chi connectivity index (χ3v) is 3.39. The van der Waals surface area contributed by atoms with Crippen molar-refractivity contribution in [1.82, 2.24) is 0 Å². The fraction of sp³-hybridized carbons (Fsp3) is 0. The number of amides is 1. The van der Waals surface area contributed by atoms with Crippen LogP contribution >= 0.6 is 27.5 Å². The number of anilines is 1. The van der Waals surface area contributed by atoms with E-state index in [1.54, 1.807) is 18.2 Å². The number of carbonyl (C=O) groups excluding carboxylic acids is 1. The van der Waals surface area contributed by atoms with Gasteiger partial charge in [0.15, 0.2) is 0 Å². The van der Waals surface area contributed by atoms with Crippen molar-refractivity contribution >= 4 is 44.8 Å². The van der Waals surface area contributed by atoms with Gasteiger partial charge in [0, 0.05) is 16.2 Å². The summed E-state index contributed by atoms with van der Waals surface area (Å²) in [5.41, 5.74) is 0.321. The topological polar surface area (TPSA) is 72.2 Å². The molecule has 5 nitrogen and oxygen atoms in total. The van der Waals surface area contributed by atoms with E-state index in [9.17, 15) is 14.9 Å². The molecule has 0 saturated heterocycles. The number of rotatable bonds is 3. The summed E-state index contributed by atoms with van der Waals surface area (Å²) < 4.78 is 0.806. The van der Waals surface area contributed by atoms with Crippen LogP contribution in [0, 0.1) is 10.1 Å². The van der Waals surface area contributed by atoms with Gasteiger partial charge in [-0.2, -0.15) is 0 Å². The second-order valence-corrected chi connectivity index (χ2v) is 5.15. The molecule has 20 heavy (non-hydrogen) atoms. The second-order valence-electron chi connectivity index (χ2n) is 3.86. The molecule has 0 aliphatic rings. The lowest BCUT2D eigenvalue weighted by molar-refractivity contribution is -0.384. The summed E-state index contributed by atoms with van der Waals surface area (Å²) in [7, 11) is 0. The normalized spacial score (nSPS) is 10.1. The fourth-order valence-electron chi connectivity index (χ4n) is 1.60. The van der Waals surface area contributed by atoms with Gasteiger partial charge in [-0.25, -0.2) is 0 Å². The van der Waals surface area contributed by atoms with Crippen LogP contribution in [0.25, 0.3) is 0 Å². The van der Waals surface area contributed by atoms with Crippen molar-refractivity contribution in [2.75, 3.05) is 5.32 Å². The summed E-state index contributed by atoms with van der Waals surface area (Å²) in [5.74, 6) is -0.503. The molecule has 0 fully saturated rings. The van der Waals surface area contributed by atoms with Crippen LogP contribution in [0.15, 0.2) is 46.9 Å². The maximum atomic E-state index is 12.1. The van der Waals surface area contributed by atoms with E-state index in [0.717, 1.165) is 4.47 Å². The van der Waals surface area contributed by atoms with Crippen LogP contribution in [0.1, 0.15) is 10.4 Å². The molecule has 0 aromatic heterocycles. The quantitative estimate of drug-likeness (QED) is 0.660. The smallest absolute Gasteiger partial charge is 0.288 e. The highest BCUT2D eigenvalue weighted by Gasteiger charge is 2.19. The lowest BCUT2D eigenvalue weighted by atomic mass is 10.2. The van der Waals surface area contributed by atoms with Crippen LogP contribution in [0.4, 0.5) is 11.4 Å². The summed E-state index contributed by atoms with van der Waals surface area (Å²) in [6.45, 7) is 0. The Labute approximate surface area is 127 Å². The van der Waals surface area contributed by atoms with Gasteiger partial charge in [-0.05, 0) is 24.3 Å². The molecule has 0 bridgehead atoms. The maximum absolute atomic E-state index is 12.1. The monoisotopic (exact) mass is 354 g/mol. The van der Waals surface area contributed by atoms with E-state index in [-0.39, 0.29) is 16.3 Å². The Morgan fingerprint density at radius 2 is 1.95 bits per heavy atom. The van der Waals surface area contributed by atoms with Crippen LogP contribution in [0.3, 0.4) is 0 Å². The van der Waals surface area contributed by atoms with Crippen molar-refractivity contribution in [3.8, 4) is 0 Å². The number of hydrogen-bond donors (Lipinski definition) is 1. The number of halogens is 2. The number of hydrogen-bond acceptors (Lipinski definition) is 3. The minimum absolute atomic E-state index is 0.0563. The third-order valence-electron chi connectivity index (χ3n) is 2.50. The lowest BCUT2D eigenvalue weighted by Gasteiger charge is -2.07. The first-order valence-corrected chi connectivity index (χ1v) is 6.66. The predicted octanol–water partition coefficient (Wildman–Crippen LogP) is 4.26. The van der Waals surface area contributed by atoms with E-state index >= 15 is 0 Å².